The van der Waals surface area contributed by atoms with Gasteiger partial charge in [-0.15, -0.1) is 0 Å². The predicted molar refractivity (Wildman–Crippen MR) is 149 cm³/mol. The van der Waals surface area contributed by atoms with Crippen LogP contribution in [0.1, 0.15) is 62.7 Å². The number of rotatable bonds is 8. The first-order chi connectivity index (χ1) is 16.9. The highest BCUT2D eigenvalue weighted by Crippen LogP contribution is 2.34. The minimum atomic E-state index is -0.571. The quantitative estimate of drug-likeness (QED) is 0.308. The number of pyridine rings is 1. The summed E-state index contributed by atoms with van der Waals surface area (Å²) in [5, 5.41) is 2.97. The molecule has 2 aromatic carbocycles. The van der Waals surface area contributed by atoms with Gasteiger partial charge in [0.2, 0.25) is 0 Å². The van der Waals surface area contributed by atoms with E-state index in [1.54, 1.807) is 0 Å². The van der Waals surface area contributed by atoms with Crippen molar-refractivity contribution in [3.63, 3.8) is 0 Å². The molecule has 1 aromatic heterocycles. The number of alkyl carbamates (subject to hydrolysis) is 1. The molecule has 3 rings (SSSR count). The molecule has 5 nitrogen and oxygen atoms in total. The number of nitrogens with one attached hydrogen (secondary N) is 1. The van der Waals surface area contributed by atoms with Gasteiger partial charge in [0.15, 0.2) is 0 Å². The van der Waals surface area contributed by atoms with Crippen LogP contribution in [-0.2, 0) is 24.3 Å². The van der Waals surface area contributed by atoms with Crippen molar-refractivity contribution in [1.82, 2.24) is 10.3 Å². The molecule has 0 saturated heterocycles. The Morgan fingerprint density at radius 1 is 1.03 bits per heavy atom. The molecule has 0 aliphatic heterocycles. The molecule has 0 spiro atoms. The van der Waals surface area contributed by atoms with E-state index in [0.29, 0.717) is 19.1 Å². The van der Waals surface area contributed by atoms with Crippen LogP contribution in [0.25, 0.3) is 11.1 Å². The molecule has 0 fully saturated rings. The van der Waals surface area contributed by atoms with Crippen molar-refractivity contribution in [3.8, 4) is 16.9 Å². The Labute approximate surface area is 223 Å². The summed E-state index contributed by atoms with van der Waals surface area (Å²) in [7, 11) is 0. The number of aromatic nitrogens is 1. The lowest BCUT2D eigenvalue weighted by Gasteiger charge is -2.24. The fraction of sp³-hybridized carbons (Fsp3) is 0.400. The van der Waals surface area contributed by atoms with Gasteiger partial charge in [0.1, 0.15) is 18.0 Å². The Bertz CT molecular complexity index is 1200. The fourth-order valence-corrected chi connectivity index (χ4v) is 4.42. The van der Waals surface area contributed by atoms with Crippen LogP contribution in [0, 0.1) is 19.8 Å². The van der Waals surface area contributed by atoms with Crippen molar-refractivity contribution in [2.24, 2.45) is 5.92 Å². The average Bonchev–Trinajstić information content (AvgIpc) is 2.77. The minimum absolute atomic E-state index is 0.315. The zero-order chi connectivity index (χ0) is 26.5. The molecular weight excluding hydrogens is 516 g/mol. The van der Waals surface area contributed by atoms with E-state index in [1.165, 1.54) is 5.56 Å². The van der Waals surface area contributed by atoms with Crippen LogP contribution in [-0.4, -0.2) is 16.7 Å². The summed E-state index contributed by atoms with van der Waals surface area (Å²) in [6.07, 6.45) is 0.357. The van der Waals surface area contributed by atoms with Gasteiger partial charge in [-0.25, -0.2) is 4.79 Å². The van der Waals surface area contributed by atoms with E-state index in [1.807, 2.05) is 52.0 Å². The highest BCUT2D eigenvalue weighted by Gasteiger charge is 2.22. The molecule has 36 heavy (non-hydrogen) atoms. The van der Waals surface area contributed by atoms with Crippen LogP contribution in [0.15, 0.2) is 53.0 Å². The van der Waals surface area contributed by atoms with Crippen molar-refractivity contribution < 1.29 is 14.3 Å². The number of hydrogen-bond donors (Lipinski definition) is 1. The summed E-state index contributed by atoms with van der Waals surface area (Å²) < 4.78 is 12.7. The zero-order valence-electron chi connectivity index (χ0n) is 22.4. The average molecular weight is 554 g/mol. The van der Waals surface area contributed by atoms with Crippen molar-refractivity contribution in [3.05, 3.63) is 81.1 Å². The Kier molecular flexibility index (Phi) is 9.18. The molecule has 1 heterocycles. The SMILES string of the molecule is Cc1ccc(-c2c(COc3ccccc3Br)c(C)nc(CC(C)C)c2CNC(=O)OC(C)(C)C)cc1. The molecule has 192 valence electrons. The monoisotopic (exact) mass is 552 g/mol. The number of para-hydroxylation sites is 1. The van der Waals surface area contributed by atoms with Gasteiger partial charge in [-0.1, -0.05) is 55.8 Å². The van der Waals surface area contributed by atoms with E-state index >= 15 is 0 Å². The second-order valence-electron chi connectivity index (χ2n) is 10.5. The third-order valence-electron chi connectivity index (χ3n) is 5.65. The molecule has 1 amide bonds. The first kappa shape index (κ1) is 27.7. The summed E-state index contributed by atoms with van der Waals surface area (Å²) in [5.74, 6) is 1.18. The highest BCUT2D eigenvalue weighted by molar-refractivity contribution is 9.10. The van der Waals surface area contributed by atoms with Crippen LogP contribution in [0.2, 0.25) is 0 Å². The van der Waals surface area contributed by atoms with Gasteiger partial charge in [-0.3, -0.25) is 4.98 Å². The number of benzene rings is 2. The lowest BCUT2D eigenvalue weighted by molar-refractivity contribution is 0.0523. The van der Waals surface area contributed by atoms with Crippen molar-refractivity contribution in [2.75, 3.05) is 0 Å². The van der Waals surface area contributed by atoms with E-state index < -0.39 is 11.7 Å². The maximum atomic E-state index is 12.6. The third-order valence-corrected chi connectivity index (χ3v) is 6.31. The van der Waals surface area contributed by atoms with Gasteiger partial charge in [0, 0.05) is 29.1 Å². The highest BCUT2D eigenvalue weighted by atomic mass is 79.9. The molecular formula is C30H37BrN2O3. The lowest BCUT2D eigenvalue weighted by Crippen LogP contribution is -2.32. The number of amides is 1. The number of aryl methyl sites for hydroxylation is 2. The summed E-state index contributed by atoms with van der Waals surface area (Å²) in [6.45, 7) is 14.7. The lowest BCUT2D eigenvalue weighted by atomic mass is 9.90. The van der Waals surface area contributed by atoms with Crippen LogP contribution in [0.3, 0.4) is 0 Å². The molecule has 6 heteroatoms. The summed E-state index contributed by atoms with van der Waals surface area (Å²) in [5.41, 5.74) is 6.65. The van der Waals surface area contributed by atoms with Gasteiger partial charge in [-0.05, 0) is 86.1 Å². The normalized spacial score (nSPS) is 11.5. The van der Waals surface area contributed by atoms with E-state index in [2.05, 4.69) is 66.3 Å². The second kappa shape index (κ2) is 11.9. The molecule has 3 aromatic rings. The largest absolute Gasteiger partial charge is 0.488 e. The van der Waals surface area contributed by atoms with Gasteiger partial charge in [0.25, 0.3) is 0 Å². The molecule has 0 saturated carbocycles. The number of halogens is 1. The van der Waals surface area contributed by atoms with Crippen molar-refractivity contribution in [1.29, 1.82) is 0 Å². The number of carbonyl (C=O) groups is 1. The smallest absolute Gasteiger partial charge is 0.407 e. The van der Waals surface area contributed by atoms with E-state index in [-0.39, 0.29) is 0 Å². The Hall–Kier alpha value is -2.86. The summed E-state index contributed by atoms with van der Waals surface area (Å²) in [4.78, 5) is 17.6. The topological polar surface area (TPSA) is 60.5 Å². The number of hydrogen-bond acceptors (Lipinski definition) is 4. The molecule has 1 N–H and O–H groups in total. The molecule has 0 atom stereocenters. The van der Waals surface area contributed by atoms with E-state index in [0.717, 1.165) is 50.3 Å². The standard InChI is InChI=1S/C30H37BrN2O3/c1-19(2)16-26-23(17-32-29(34)36-30(5,6)7)28(22-14-12-20(3)13-15-22)24(21(4)33-26)18-35-27-11-9-8-10-25(27)31/h8-15,19H,16-18H2,1-7H3,(H,32,34). The molecule has 0 radical (unpaired) electrons. The Morgan fingerprint density at radius 3 is 2.31 bits per heavy atom. The zero-order valence-corrected chi connectivity index (χ0v) is 24.0. The maximum absolute atomic E-state index is 12.6. The van der Waals surface area contributed by atoms with Gasteiger partial charge >= 0.3 is 6.09 Å². The van der Waals surface area contributed by atoms with Gasteiger partial charge in [0.05, 0.1) is 4.47 Å². The fourth-order valence-electron chi connectivity index (χ4n) is 4.02. The third kappa shape index (κ3) is 7.57. The predicted octanol–water partition coefficient (Wildman–Crippen LogP) is 7.93. The number of carbonyl (C=O) groups excluding carboxylic acids is 1. The van der Waals surface area contributed by atoms with Gasteiger partial charge < -0.3 is 14.8 Å². The molecule has 0 aliphatic carbocycles. The van der Waals surface area contributed by atoms with Crippen molar-refractivity contribution in [2.45, 2.75) is 73.6 Å². The van der Waals surface area contributed by atoms with Crippen molar-refractivity contribution >= 4 is 22.0 Å². The van der Waals surface area contributed by atoms with Gasteiger partial charge in [-0.2, -0.15) is 0 Å². The van der Waals surface area contributed by atoms with Crippen LogP contribution in [0.4, 0.5) is 4.79 Å². The summed E-state index contributed by atoms with van der Waals surface area (Å²) >= 11 is 3.58. The first-order valence-electron chi connectivity index (χ1n) is 12.4. The van der Waals surface area contributed by atoms with E-state index in [4.69, 9.17) is 14.5 Å². The first-order valence-corrected chi connectivity index (χ1v) is 13.2. The molecule has 0 bridgehead atoms. The molecule has 0 aliphatic rings. The number of ether oxygens (including phenoxy) is 2. The van der Waals surface area contributed by atoms with E-state index in [9.17, 15) is 4.79 Å². The second-order valence-corrected chi connectivity index (χ2v) is 11.4. The van der Waals surface area contributed by atoms with Crippen LogP contribution < -0.4 is 10.1 Å². The Morgan fingerprint density at radius 2 is 1.69 bits per heavy atom. The number of nitrogens with zero attached hydrogens (tertiary/aromatic N) is 1. The minimum Gasteiger partial charge on any atom is -0.488 e. The Balaban J connectivity index is 2.11. The molecule has 0 unspecified atom stereocenters. The summed E-state index contributed by atoms with van der Waals surface area (Å²) in [6, 6.07) is 16.3. The van der Waals surface area contributed by atoms with Crippen LogP contribution >= 0.6 is 15.9 Å². The van der Waals surface area contributed by atoms with Crippen LogP contribution in [0.5, 0.6) is 5.75 Å². The maximum Gasteiger partial charge on any atom is 0.407 e.